The summed E-state index contributed by atoms with van der Waals surface area (Å²) in [7, 11) is 0. The number of fused-ring (bicyclic) bond motifs is 2. The number of aromatic nitrogens is 3. The van der Waals surface area contributed by atoms with Gasteiger partial charge in [0.15, 0.2) is 34.0 Å². The number of rotatable bonds is 6. The van der Waals surface area contributed by atoms with Crippen LogP contribution in [0.15, 0.2) is 41.6 Å². The van der Waals surface area contributed by atoms with E-state index in [1.165, 1.54) is 11.8 Å². The lowest BCUT2D eigenvalue weighted by Gasteiger charge is -2.12. The van der Waals surface area contributed by atoms with E-state index < -0.39 is 0 Å². The van der Waals surface area contributed by atoms with Crippen molar-refractivity contribution in [2.24, 2.45) is 0 Å². The molecule has 1 amide bonds. The molecule has 0 bridgehead atoms. The number of thioether (sulfide) groups is 1. The number of amides is 1. The number of ether oxygens (including phenoxy) is 4. The summed E-state index contributed by atoms with van der Waals surface area (Å²) in [5, 5.41) is 12.6. The second-order valence-corrected chi connectivity index (χ2v) is 9.61. The lowest BCUT2D eigenvalue weighted by molar-refractivity contribution is -0.113. The van der Waals surface area contributed by atoms with Crippen molar-refractivity contribution in [3.63, 3.8) is 0 Å². The summed E-state index contributed by atoms with van der Waals surface area (Å²) in [6.07, 6.45) is 3.85. The van der Waals surface area contributed by atoms with E-state index in [0.29, 0.717) is 49.7 Å². The average molecular weight is 495 g/mol. The van der Waals surface area contributed by atoms with Gasteiger partial charge in [0.25, 0.3) is 0 Å². The van der Waals surface area contributed by atoms with Crippen LogP contribution in [0.5, 0.6) is 23.0 Å². The zero-order valence-electron chi connectivity index (χ0n) is 19.2. The van der Waals surface area contributed by atoms with E-state index in [1.54, 1.807) is 6.07 Å². The third-order valence-electron chi connectivity index (χ3n) is 5.95. The number of hydrogen-bond donors (Lipinski definition) is 1. The molecule has 35 heavy (non-hydrogen) atoms. The van der Waals surface area contributed by atoms with Crippen LogP contribution in [-0.4, -0.2) is 52.9 Å². The van der Waals surface area contributed by atoms with Crippen molar-refractivity contribution >= 4 is 23.4 Å². The van der Waals surface area contributed by atoms with Crippen LogP contribution in [0, 0.1) is 0 Å². The first kappa shape index (κ1) is 22.1. The standard InChI is InChI=1S/C25H26N4O5S/c30-23(26-17-4-8-20-22(14-17)34-12-2-10-32-20)15-35-25-28-27-24(29(25)18-5-6-18)16-3-7-19-21(13-16)33-11-1-9-31-19/h3-4,7-8,13-14,18H,1-2,5-6,9-12,15H2,(H,26,30). The maximum absolute atomic E-state index is 12.7. The molecule has 9 nitrogen and oxygen atoms in total. The van der Waals surface area contributed by atoms with Gasteiger partial charge in [-0.3, -0.25) is 9.36 Å². The fourth-order valence-corrected chi connectivity index (χ4v) is 4.91. The number of carbonyl (C=O) groups is 1. The van der Waals surface area contributed by atoms with Gasteiger partial charge in [0.1, 0.15) is 0 Å². The highest BCUT2D eigenvalue weighted by atomic mass is 32.2. The summed E-state index contributed by atoms with van der Waals surface area (Å²) in [6.45, 7) is 2.51. The minimum atomic E-state index is -0.119. The van der Waals surface area contributed by atoms with Gasteiger partial charge in [-0.15, -0.1) is 10.2 Å². The van der Waals surface area contributed by atoms with Crippen LogP contribution in [0.4, 0.5) is 5.69 Å². The first-order valence-corrected chi connectivity index (χ1v) is 12.9. The molecule has 0 radical (unpaired) electrons. The SMILES string of the molecule is O=C(CSc1nnc(-c2ccc3c(c2)OCCCO3)n1C1CC1)Nc1ccc2c(c1)OCCCO2. The molecule has 10 heteroatoms. The summed E-state index contributed by atoms with van der Waals surface area (Å²) in [5.41, 5.74) is 1.61. The highest BCUT2D eigenvalue weighted by Crippen LogP contribution is 2.42. The Bertz CT molecular complexity index is 1240. The van der Waals surface area contributed by atoms with E-state index in [1.807, 2.05) is 30.3 Å². The van der Waals surface area contributed by atoms with Gasteiger partial charge in [-0.05, 0) is 43.2 Å². The van der Waals surface area contributed by atoms with E-state index in [9.17, 15) is 4.79 Å². The topological polar surface area (TPSA) is 96.7 Å². The van der Waals surface area contributed by atoms with Gasteiger partial charge in [0.2, 0.25) is 5.91 Å². The number of nitrogens with zero attached hydrogens (tertiary/aromatic N) is 3. The van der Waals surface area contributed by atoms with Crippen LogP contribution in [0.25, 0.3) is 11.4 Å². The molecule has 1 saturated carbocycles. The fraction of sp³-hybridized carbons (Fsp3) is 0.400. The molecule has 1 aliphatic carbocycles. The van der Waals surface area contributed by atoms with E-state index in [4.69, 9.17) is 18.9 Å². The van der Waals surface area contributed by atoms with Gasteiger partial charge in [0, 0.05) is 36.2 Å². The van der Waals surface area contributed by atoms with Crippen molar-refractivity contribution in [1.82, 2.24) is 14.8 Å². The van der Waals surface area contributed by atoms with E-state index >= 15 is 0 Å². The van der Waals surface area contributed by atoms with Crippen molar-refractivity contribution < 1.29 is 23.7 Å². The maximum Gasteiger partial charge on any atom is 0.234 e. The number of nitrogens with one attached hydrogen (secondary N) is 1. The first-order valence-electron chi connectivity index (χ1n) is 11.9. The first-order chi connectivity index (χ1) is 17.2. The molecule has 2 aliphatic heterocycles. The van der Waals surface area contributed by atoms with Gasteiger partial charge in [-0.2, -0.15) is 0 Å². The second kappa shape index (κ2) is 9.69. The lowest BCUT2D eigenvalue weighted by atomic mass is 10.2. The Morgan fingerprint density at radius 1 is 0.886 bits per heavy atom. The molecule has 1 N–H and O–H groups in total. The molecule has 1 aromatic heterocycles. The fourth-order valence-electron chi connectivity index (χ4n) is 4.10. The zero-order valence-corrected chi connectivity index (χ0v) is 20.0. The Balaban J connectivity index is 1.16. The molecule has 0 saturated heterocycles. The summed E-state index contributed by atoms with van der Waals surface area (Å²) in [6, 6.07) is 11.7. The van der Waals surface area contributed by atoms with Crippen LogP contribution >= 0.6 is 11.8 Å². The lowest BCUT2D eigenvalue weighted by Crippen LogP contribution is -2.14. The Kier molecular flexibility index (Phi) is 6.12. The van der Waals surface area contributed by atoms with Crippen molar-refractivity contribution in [3.8, 4) is 34.4 Å². The highest BCUT2D eigenvalue weighted by Gasteiger charge is 2.31. The zero-order chi connectivity index (χ0) is 23.6. The van der Waals surface area contributed by atoms with Crippen molar-refractivity contribution in [2.75, 3.05) is 37.5 Å². The van der Waals surface area contributed by atoms with E-state index in [0.717, 1.165) is 53.7 Å². The molecule has 182 valence electrons. The summed E-state index contributed by atoms with van der Waals surface area (Å²) in [4.78, 5) is 12.7. The third-order valence-corrected chi connectivity index (χ3v) is 6.89. The van der Waals surface area contributed by atoms with E-state index in [-0.39, 0.29) is 11.7 Å². The number of carbonyl (C=O) groups excluding carboxylic acids is 1. The van der Waals surface area contributed by atoms with Crippen LogP contribution in [0.1, 0.15) is 31.7 Å². The molecular formula is C25H26N4O5S. The van der Waals surface area contributed by atoms with E-state index in [2.05, 4.69) is 20.1 Å². The van der Waals surface area contributed by atoms with Crippen molar-refractivity contribution in [3.05, 3.63) is 36.4 Å². The molecular weight excluding hydrogens is 468 g/mol. The van der Waals surface area contributed by atoms with Gasteiger partial charge in [-0.1, -0.05) is 11.8 Å². The molecule has 0 atom stereocenters. The second-order valence-electron chi connectivity index (χ2n) is 8.67. The predicted octanol–water partition coefficient (Wildman–Crippen LogP) is 4.33. The summed E-state index contributed by atoms with van der Waals surface area (Å²) >= 11 is 1.39. The van der Waals surface area contributed by atoms with Crippen molar-refractivity contribution in [1.29, 1.82) is 0 Å². The van der Waals surface area contributed by atoms with Crippen LogP contribution < -0.4 is 24.3 Å². The largest absolute Gasteiger partial charge is 0.490 e. The highest BCUT2D eigenvalue weighted by molar-refractivity contribution is 7.99. The Hall–Kier alpha value is -3.40. The summed E-state index contributed by atoms with van der Waals surface area (Å²) in [5.74, 6) is 3.73. The molecule has 0 spiro atoms. The van der Waals surface area contributed by atoms with Crippen LogP contribution in [0.2, 0.25) is 0 Å². The normalized spacial score (nSPS) is 16.8. The number of hydrogen-bond acceptors (Lipinski definition) is 8. The Morgan fingerprint density at radius 3 is 2.26 bits per heavy atom. The summed E-state index contributed by atoms with van der Waals surface area (Å²) < 4.78 is 25.1. The van der Waals surface area contributed by atoms with Gasteiger partial charge in [0.05, 0.1) is 32.2 Å². The molecule has 0 unspecified atom stereocenters. The third kappa shape index (κ3) is 4.88. The molecule has 3 heterocycles. The monoisotopic (exact) mass is 494 g/mol. The minimum absolute atomic E-state index is 0.119. The molecule has 3 aliphatic rings. The van der Waals surface area contributed by atoms with Gasteiger partial charge >= 0.3 is 0 Å². The van der Waals surface area contributed by atoms with Crippen molar-refractivity contribution in [2.45, 2.75) is 36.9 Å². The minimum Gasteiger partial charge on any atom is -0.490 e. The number of benzene rings is 2. The van der Waals surface area contributed by atoms with Gasteiger partial charge in [-0.25, -0.2) is 0 Å². The molecule has 1 fully saturated rings. The van der Waals surface area contributed by atoms with Gasteiger partial charge < -0.3 is 24.3 Å². The Morgan fingerprint density at radius 2 is 1.54 bits per heavy atom. The molecule has 3 aromatic rings. The smallest absolute Gasteiger partial charge is 0.234 e. The number of anilines is 1. The average Bonchev–Trinajstić information content (AvgIpc) is 3.69. The Labute approximate surface area is 207 Å². The predicted molar refractivity (Wildman–Crippen MR) is 131 cm³/mol. The quantitative estimate of drug-likeness (QED) is 0.506. The molecule has 2 aromatic carbocycles. The van der Waals surface area contributed by atoms with Crippen LogP contribution in [-0.2, 0) is 4.79 Å². The van der Waals surface area contributed by atoms with Crippen LogP contribution in [0.3, 0.4) is 0 Å². The molecule has 6 rings (SSSR count). The maximum atomic E-state index is 12.7.